The van der Waals surface area contributed by atoms with E-state index in [-0.39, 0.29) is 23.7 Å². The van der Waals surface area contributed by atoms with Gasteiger partial charge in [-0.1, -0.05) is 16.8 Å². The van der Waals surface area contributed by atoms with Crippen LogP contribution in [0.1, 0.15) is 41.9 Å². The second-order valence-electron chi connectivity index (χ2n) is 7.83. The number of amides is 2. The third-order valence-corrected chi connectivity index (χ3v) is 6.25. The number of anilines is 1. The molecule has 29 heavy (non-hydrogen) atoms. The van der Waals surface area contributed by atoms with Crippen LogP contribution in [0.2, 0.25) is 5.02 Å². The van der Waals surface area contributed by atoms with Gasteiger partial charge in [0, 0.05) is 36.4 Å². The van der Waals surface area contributed by atoms with Crippen molar-refractivity contribution in [3.63, 3.8) is 0 Å². The van der Waals surface area contributed by atoms with E-state index in [2.05, 4.69) is 15.0 Å². The molecule has 1 spiro atoms. The summed E-state index contributed by atoms with van der Waals surface area (Å²) in [7, 11) is 0. The number of pyridine rings is 1. The molecule has 2 aromatic rings. The van der Waals surface area contributed by atoms with Crippen LogP contribution in [0.4, 0.5) is 10.6 Å². The smallest absolute Gasteiger partial charge is 0.407 e. The highest BCUT2D eigenvalue weighted by atomic mass is 35.5. The van der Waals surface area contributed by atoms with Gasteiger partial charge in [0.25, 0.3) is 5.91 Å². The fourth-order valence-electron chi connectivity index (χ4n) is 4.37. The van der Waals surface area contributed by atoms with Crippen molar-refractivity contribution in [1.82, 2.24) is 15.0 Å². The van der Waals surface area contributed by atoms with Gasteiger partial charge in [0.1, 0.15) is 5.82 Å². The number of hydrogen-bond acceptors (Lipinski definition) is 6. The summed E-state index contributed by atoms with van der Waals surface area (Å²) < 4.78 is 5.05. The molecule has 2 fully saturated rings. The lowest BCUT2D eigenvalue weighted by molar-refractivity contribution is -0.0149. The summed E-state index contributed by atoms with van der Waals surface area (Å²) in [5, 5.41) is 13.9. The van der Waals surface area contributed by atoms with Crippen LogP contribution in [-0.2, 0) is 6.54 Å². The maximum atomic E-state index is 11.8. The number of piperidine rings is 1. The molecule has 0 bridgehead atoms. The van der Waals surface area contributed by atoms with E-state index in [1.54, 1.807) is 12.3 Å². The normalized spacial score (nSPS) is 18.4. The summed E-state index contributed by atoms with van der Waals surface area (Å²) in [4.78, 5) is 30.9. The molecule has 10 heteroatoms. The molecule has 1 aliphatic heterocycles. The van der Waals surface area contributed by atoms with Gasteiger partial charge in [-0.2, -0.15) is 0 Å². The van der Waals surface area contributed by atoms with Crippen LogP contribution in [0.5, 0.6) is 0 Å². The highest BCUT2D eigenvalue weighted by molar-refractivity contribution is 6.30. The molecule has 9 nitrogen and oxygen atoms in total. The number of aromatic nitrogens is 2. The van der Waals surface area contributed by atoms with E-state index in [4.69, 9.17) is 21.9 Å². The molecule has 0 aromatic carbocycles. The predicted molar refractivity (Wildman–Crippen MR) is 105 cm³/mol. The minimum Gasteiger partial charge on any atom is -0.465 e. The average molecular weight is 420 g/mol. The van der Waals surface area contributed by atoms with Gasteiger partial charge in [0.2, 0.25) is 0 Å². The van der Waals surface area contributed by atoms with Crippen LogP contribution in [0.25, 0.3) is 0 Å². The molecule has 2 amide bonds. The second-order valence-corrected chi connectivity index (χ2v) is 8.27. The lowest BCUT2D eigenvalue weighted by Gasteiger charge is -2.54. The number of primary amides is 1. The lowest BCUT2D eigenvalue weighted by Crippen LogP contribution is -2.56. The van der Waals surface area contributed by atoms with Gasteiger partial charge in [-0.3, -0.25) is 9.69 Å². The first kappa shape index (κ1) is 19.5. The van der Waals surface area contributed by atoms with Crippen molar-refractivity contribution in [3.8, 4) is 0 Å². The van der Waals surface area contributed by atoms with Crippen molar-refractivity contribution >= 4 is 29.4 Å². The highest BCUT2D eigenvalue weighted by Crippen LogP contribution is 2.51. The van der Waals surface area contributed by atoms with Crippen molar-refractivity contribution in [3.05, 3.63) is 40.9 Å². The summed E-state index contributed by atoms with van der Waals surface area (Å²) >= 11 is 6.06. The molecular formula is C19H22ClN5O4. The standard InChI is InChI=1S/C19H22ClN5O4/c20-12-1-4-22-16(7-12)24-5-2-19(3-6-24)9-13(10-19)25(18(27)28)11-14-8-15(17(21)26)23-29-14/h1,4,7-8,13H,2-3,5-6,9-11H2,(H2,21,26)(H,27,28). The van der Waals surface area contributed by atoms with Crippen molar-refractivity contribution in [2.75, 3.05) is 18.0 Å². The van der Waals surface area contributed by atoms with Crippen molar-refractivity contribution in [1.29, 1.82) is 0 Å². The Labute approximate surface area is 172 Å². The summed E-state index contributed by atoms with van der Waals surface area (Å²) in [6, 6.07) is 4.94. The van der Waals surface area contributed by atoms with E-state index in [1.165, 1.54) is 11.0 Å². The third kappa shape index (κ3) is 4.00. The fraction of sp³-hybridized carbons (Fsp3) is 0.474. The number of nitrogens with zero attached hydrogens (tertiary/aromatic N) is 4. The molecule has 0 atom stereocenters. The zero-order valence-electron chi connectivity index (χ0n) is 15.8. The number of carbonyl (C=O) groups excluding carboxylic acids is 1. The molecule has 2 aliphatic rings. The summed E-state index contributed by atoms with van der Waals surface area (Å²) in [6.45, 7) is 1.79. The molecule has 1 saturated carbocycles. The Morgan fingerprint density at radius 2 is 2.07 bits per heavy atom. The molecule has 3 heterocycles. The van der Waals surface area contributed by atoms with Crippen LogP contribution >= 0.6 is 11.6 Å². The van der Waals surface area contributed by atoms with Crippen LogP contribution in [0, 0.1) is 5.41 Å². The Morgan fingerprint density at radius 1 is 1.34 bits per heavy atom. The van der Waals surface area contributed by atoms with Crippen molar-refractivity contribution in [2.45, 2.75) is 38.3 Å². The monoisotopic (exact) mass is 419 g/mol. The van der Waals surface area contributed by atoms with Gasteiger partial charge in [-0.15, -0.1) is 0 Å². The zero-order chi connectivity index (χ0) is 20.6. The van der Waals surface area contributed by atoms with Gasteiger partial charge in [0.05, 0.1) is 6.54 Å². The predicted octanol–water partition coefficient (Wildman–Crippen LogP) is 2.75. The van der Waals surface area contributed by atoms with Crippen LogP contribution in [0.3, 0.4) is 0 Å². The first-order valence-corrected chi connectivity index (χ1v) is 9.84. The molecular weight excluding hydrogens is 398 g/mol. The number of carboxylic acid groups (broad SMARTS) is 1. The Morgan fingerprint density at radius 3 is 2.66 bits per heavy atom. The van der Waals surface area contributed by atoms with Crippen LogP contribution < -0.4 is 10.6 Å². The first-order valence-electron chi connectivity index (χ1n) is 9.47. The van der Waals surface area contributed by atoms with Gasteiger partial charge in [0.15, 0.2) is 11.5 Å². The molecule has 1 aliphatic carbocycles. The second kappa shape index (κ2) is 7.55. The highest BCUT2D eigenvalue weighted by Gasteiger charge is 2.49. The minimum atomic E-state index is -1.01. The molecule has 1 saturated heterocycles. The SMILES string of the molecule is NC(=O)c1cc(CN(C(=O)O)C2CC3(CCN(c4cc(Cl)ccn4)CC3)C2)on1. The van der Waals surface area contributed by atoms with E-state index in [1.807, 2.05) is 6.07 Å². The first-order chi connectivity index (χ1) is 13.8. The number of carbonyl (C=O) groups is 2. The van der Waals surface area contributed by atoms with Gasteiger partial charge < -0.3 is 20.3 Å². The van der Waals surface area contributed by atoms with Gasteiger partial charge in [-0.25, -0.2) is 9.78 Å². The summed E-state index contributed by atoms with van der Waals surface area (Å²) in [5.74, 6) is 0.486. The number of halogens is 1. The fourth-order valence-corrected chi connectivity index (χ4v) is 4.52. The molecule has 154 valence electrons. The van der Waals surface area contributed by atoms with Gasteiger partial charge in [-0.05, 0) is 43.2 Å². The number of hydrogen-bond donors (Lipinski definition) is 2. The Kier molecular flexibility index (Phi) is 5.08. The van der Waals surface area contributed by atoms with E-state index in [0.717, 1.165) is 44.6 Å². The Hall–Kier alpha value is -2.81. The average Bonchev–Trinajstić information content (AvgIpc) is 3.13. The number of rotatable bonds is 5. The molecule has 2 aromatic heterocycles. The largest absolute Gasteiger partial charge is 0.465 e. The molecule has 3 N–H and O–H groups in total. The molecule has 0 radical (unpaired) electrons. The minimum absolute atomic E-state index is 0.00239. The zero-order valence-corrected chi connectivity index (χ0v) is 16.5. The topological polar surface area (TPSA) is 126 Å². The van der Waals surface area contributed by atoms with Crippen LogP contribution in [-0.4, -0.2) is 51.3 Å². The van der Waals surface area contributed by atoms with E-state index in [9.17, 15) is 14.7 Å². The van der Waals surface area contributed by atoms with E-state index in [0.29, 0.717) is 10.8 Å². The van der Waals surface area contributed by atoms with E-state index < -0.39 is 12.0 Å². The lowest BCUT2D eigenvalue weighted by atomic mass is 9.60. The van der Waals surface area contributed by atoms with Crippen molar-refractivity contribution < 1.29 is 19.2 Å². The Bertz CT molecular complexity index is 917. The summed E-state index contributed by atoms with van der Waals surface area (Å²) in [6.07, 6.45) is 4.29. The van der Waals surface area contributed by atoms with E-state index >= 15 is 0 Å². The van der Waals surface area contributed by atoms with Crippen LogP contribution in [0.15, 0.2) is 28.9 Å². The quantitative estimate of drug-likeness (QED) is 0.762. The maximum absolute atomic E-state index is 11.8. The van der Waals surface area contributed by atoms with Crippen molar-refractivity contribution in [2.24, 2.45) is 11.1 Å². The Balaban J connectivity index is 1.35. The molecule has 4 rings (SSSR count). The number of nitrogens with two attached hydrogens (primary N) is 1. The third-order valence-electron chi connectivity index (χ3n) is 6.02. The maximum Gasteiger partial charge on any atom is 0.407 e. The summed E-state index contributed by atoms with van der Waals surface area (Å²) in [5.41, 5.74) is 5.32. The van der Waals surface area contributed by atoms with Gasteiger partial charge >= 0.3 is 6.09 Å². The molecule has 0 unspecified atom stereocenters.